The van der Waals surface area contributed by atoms with Gasteiger partial charge in [0.15, 0.2) is 0 Å². The van der Waals surface area contributed by atoms with Gasteiger partial charge in [0.05, 0.1) is 28.3 Å². The number of nitrogens with zero attached hydrogens (tertiary/aromatic N) is 1. The van der Waals surface area contributed by atoms with E-state index in [1.165, 1.54) is 36.4 Å². The number of halogens is 3. The zero-order chi connectivity index (χ0) is 22.6. The maximum absolute atomic E-state index is 12.8. The molecule has 0 atom stereocenters. The van der Waals surface area contributed by atoms with Crippen molar-refractivity contribution in [3.05, 3.63) is 83.7 Å². The van der Waals surface area contributed by atoms with E-state index in [4.69, 9.17) is 9.84 Å². The molecule has 0 saturated carbocycles. The van der Waals surface area contributed by atoms with E-state index in [0.717, 1.165) is 30.5 Å². The summed E-state index contributed by atoms with van der Waals surface area (Å²) in [6.07, 6.45) is -3.40. The Kier molecular flexibility index (Phi) is 6.27. The van der Waals surface area contributed by atoms with Gasteiger partial charge in [0.1, 0.15) is 11.5 Å². The number of hydrogen-bond donors (Lipinski definition) is 2. The molecule has 0 saturated heterocycles. The summed E-state index contributed by atoms with van der Waals surface area (Å²) in [6, 6.07) is 11.7. The van der Waals surface area contributed by atoms with Gasteiger partial charge in [-0.3, -0.25) is 9.78 Å². The van der Waals surface area contributed by atoms with Crippen molar-refractivity contribution in [2.45, 2.75) is 17.7 Å². The third-order valence-corrected chi connectivity index (χ3v) is 5.35. The average molecular weight is 452 g/mol. The maximum Gasteiger partial charge on any atom is 0.416 e. The number of hydrogen-bond acceptors (Lipinski definition) is 6. The van der Waals surface area contributed by atoms with Gasteiger partial charge in [-0.2, -0.15) is 13.2 Å². The van der Waals surface area contributed by atoms with Crippen molar-refractivity contribution in [3.8, 4) is 11.5 Å². The van der Waals surface area contributed by atoms with Crippen molar-refractivity contribution in [1.29, 1.82) is 0 Å². The van der Waals surface area contributed by atoms with Crippen molar-refractivity contribution in [1.82, 2.24) is 9.71 Å². The SMILES string of the molecule is O=C(NS(=O)(=O)c1ccc(Oc2cccc(C(F)(F)F)c2)cc1)c1ccc(CO)nc1. The molecule has 11 heteroatoms. The predicted molar refractivity (Wildman–Crippen MR) is 103 cm³/mol. The molecule has 0 radical (unpaired) electrons. The molecular formula is C20H15F3N2O5S. The second-order valence-electron chi connectivity index (χ2n) is 6.23. The molecule has 2 aromatic carbocycles. The topological polar surface area (TPSA) is 106 Å². The number of carbonyl (C=O) groups excluding carboxylic acids is 1. The number of rotatable bonds is 6. The number of amides is 1. The number of benzene rings is 2. The van der Waals surface area contributed by atoms with Crippen molar-refractivity contribution >= 4 is 15.9 Å². The van der Waals surface area contributed by atoms with Crippen LogP contribution in [0.2, 0.25) is 0 Å². The van der Waals surface area contributed by atoms with Gasteiger partial charge < -0.3 is 9.84 Å². The zero-order valence-corrected chi connectivity index (χ0v) is 16.4. The van der Waals surface area contributed by atoms with Crippen LogP contribution in [0.25, 0.3) is 0 Å². The van der Waals surface area contributed by atoms with E-state index in [2.05, 4.69) is 4.98 Å². The molecule has 2 N–H and O–H groups in total. The quantitative estimate of drug-likeness (QED) is 0.593. The second-order valence-corrected chi connectivity index (χ2v) is 7.91. The van der Waals surface area contributed by atoms with E-state index < -0.39 is 27.7 Å². The number of alkyl halides is 3. The van der Waals surface area contributed by atoms with Crippen molar-refractivity contribution in [2.75, 3.05) is 0 Å². The fourth-order valence-electron chi connectivity index (χ4n) is 2.45. The van der Waals surface area contributed by atoms with E-state index in [0.29, 0.717) is 5.69 Å². The minimum atomic E-state index is -4.52. The molecule has 0 unspecified atom stereocenters. The van der Waals surface area contributed by atoms with Crippen LogP contribution in [0.1, 0.15) is 21.6 Å². The normalized spacial score (nSPS) is 11.7. The highest BCUT2D eigenvalue weighted by Gasteiger charge is 2.30. The first-order chi connectivity index (χ1) is 14.6. The largest absolute Gasteiger partial charge is 0.457 e. The smallest absolute Gasteiger partial charge is 0.416 e. The minimum Gasteiger partial charge on any atom is -0.457 e. The lowest BCUT2D eigenvalue weighted by Gasteiger charge is -2.11. The van der Waals surface area contributed by atoms with Crippen molar-refractivity contribution < 1.29 is 36.2 Å². The summed E-state index contributed by atoms with van der Waals surface area (Å²) in [6.45, 7) is -0.324. The Morgan fingerprint density at radius 3 is 2.32 bits per heavy atom. The van der Waals surface area contributed by atoms with Crippen LogP contribution in [-0.4, -0.2) is 24.4 Å². The molecule has 0 bridgehead atoms. The van der Waals surface area contributed by atoms with Crippen LogP contribution >= 0.6 is 0 Å². The fourth-order valence-corrected chi connectivity index (χ4v) is 3.43. The summed E-state index contributed by atoms with van der Waals surface area (Å²) in [5.41, 5.74) is -0.588. The van der Waals surface area contributed by atoms with Crippen molar-refractivity contribution in [2.24, 2.45) is 0 Å². The highest BCUT2D eigenvalue weighted by molar-refractivity contribution is 7.90. The maximum atomic E-state index is 12.8. The monoisotopic (exact) mass is 452 g/mol. The molecule has 3 aromatic rings. The van der Waals surface area contributed by atoms with Crippen LogP contribution in [0.5, 0.6) is 11.5 Å². The highest BCUT2D eigenvalue weighted by Crippen LogP contribution is 2.32. The van der Waals surface area contributed by atoms with Crippen LogP contribution < -0.4 is 9.46 Å². The predicted octanol–water partition coefficient (Wildman–Crippen LogP) is 3.50. The van der Waals surface area contributed by atoms with Gasteiger partial charge in [-0.1, -0.05) is 6.07 Å². The molecule has 0 fully saturated rings. The summed E-state index contributed by atoms with van der Waals surface area (Å²) < 4.78 is 70.4. The zero-order valence-electron chi connectivity index (χ0n) is 15.6. The first-order valence-electron chi connectivity index (χ1n) is 8.66. The number of sulfonamides is 1. The number of aromatic nitrogens is 1. The lowest BCUT2D eigenvalue weighted by Crippen LogP contribution is -2.30. The molecule has 7 nitrogen and oxygen atoms in total. The Balaban J connectivity index is 1.72. The number of aliphatic hydroxyl groups is 1. The van der Waals surface area contributed by atoms with Gasteiger partial charge in [-0.25, -0.2) is 13.1 Å². The summed E-state index contributed by atoms with van der Waals surface area (Å²) in [5, 5.41) is 8.95. The lowest BCUT2D eigenvalue weighted by molar-refractivity contribution is -0.137. The van der Waals surface area contributed by atoms with Gasteiger partial charge in [0.25, 0.3) is 15.9 Å². The highest BCUT2D eigenvalue weighted by atomic mass is 32.2. The number of pyridine rings is 1. The molecule has 0 aliphatic carbocycles. The molecular weight excluding hydrogens is 437 g/mol. The Morgan fingerprint density at radius 1 is 1.03 bits per heavy atom. The van der Waals surface area contributed by atoms with Gasteiger partial charge >= 0.3 is 6.18 Å². The Morgan fingerprint density at radius 2 is 1.74 bits per heavy atom. The molecule has 3 rings (SSSR count). The molecule has 0 aliphatic rings. The fraction of sp³-hybridized carbons (Fsp3) is 0.100. The van der Waals surface area contributed by atoms with Gasteiger partial charge in [0, 0.05) is 6.20 Å². The second kappa shape index (κ2) is 8.74. The van der Waals surface area contributed by atoms with Crippen LogP contribution in [0.4, 0.5) is 13.2 Å². The van der Waals surface area contributed by atoms with Crippen LogP contribution in [0, 0.1) is 0 Å². The van der Waals surface area contributed by atoms with Crippen LogP contribution in [0.3, 0.4) is 0 Å². The van der Waals surface area contributed by atoms with E-state index in [1.807, 2.05) is 4.72 Å². The third kappa shape index (κ3) is 5.58. The average Bonchev–Trinajstić information content (AvgIpc) is 2.73. The molecule has 1 aromatic heterocycles. The summed E-state index contributed by atoms with van der Waals surface area (Å²) >= 11 is 0. The standard InChI is InChI=1S/C20H15F3N2O5S/c21-20(22,23)14-2-1-3-17(10-14)30-16-6-8-18(9-7-16)31(28,29)25-19(27)13-4-5-15(12-26)24-11-13/h1-11,26H,12H2,(H,25,27). The third-order valence-electron chi connectivity index (χ3n) is 4.01. The van der Waals surface area contributed by atoms with E-state index in [9.17, 15) is 26.4 Å². The molecule has 0 spiro atoms. The van der Waals surface area contributed by atoms with Crippen LogP contribution in [0.15, 0.2) is 71.8 Å². The van der Waals surface area contributed by atoms with Gasteiger partial charge in [0.2, 0.25) is 0 Å². The van der Waals surface area contributed by atoms with E-state index >= 15 is 0 Å². The Labute approximate surface area is 175 Å². The molecule has 1 amide bonds. The summed E-state index contributed by atoms with van der Waals surface area (Å²) in [5.74, 6) is -0.882. The lowest BCUT2D eigenvalue weighted by atomic mass is 10.2. The number of nitrogens with one attached hydrogen (secondary N) is 1. The van der Waals surface area contributed by atoms with Gasteiger partial charge in [-0.15, -0.1) is 0 Å². The Bertz CT molecular complexity index is 1180. The van der Waals surface area contributed by atoms with Crippen molar-refractivity contribution in [3.63, 3.8) is 0 Å². The molecule has 0 aliphatic heterocycles. The molecule has 31 heavy (non-hydrogen) atoms. The molecule has 162 valence electrons. The first kappa shape index (κ1) is 22.2. The summed E-state index contributed by atoms with van der Waals surface area (Å²) in [7, 11) is -4.22. The minimum absolute atomic E-state index is 0.0229. The Hall–Kier alpha value is -3.44. The molecule has 1 heterocycles. The van der Waals surface area contributed by atoms with Crippen LogP contribution in [-0.2, 0) is 22.8 Å². The first-order valence-corrected chi connectivity index (χ1v) is 10.1. The van der Waals surface area contributed by atoms with Gasteiger partial charge in [-0.05, 0) is 54.6 Å². The number of aliphatic hydroxyl groups excluding tert-OH is 1. The number of carbonyl (C=O) groups is 1. The van der Waals surface area contributed by atoms with E-state index in [1.54, 1.807) is 0 Å². The summed E-state index contributed by atoms with van der Waals surface area (Å²) in [4.78, 5) is 15.7. The van der Waals surface area contributed by atoms with E-state index in [-0.39, 0.29) is 28.6 Å². The number of ether oxygens (including phenoxy) is 1.